The van der Waals surface area contributed by atoms with Gasteiger partial charge in [-0.3, -0.25) is 10.2 Å². The summed E-state index contributed by atoms with van der Waals surface area (Å²) in [4.78, 5) is 10.8. The van der Waals surface area contributed by atoms with Crippen molar-refractivity contribution in [2.45, 2.75) is 19.2 Å². The molecule has 0 heterocycles. The van der Waals surface area contributed by atoms with Crippen LogP contribution in [-0.2, 0) is 4.79 Å². The van der Waals surface area contributed by atoms with Crippen molar-refractivity contribution < 1.29 is 27.4 Å². The summed E-state index contributed by atoms with van der Waals surface area (Å²) in [6.07, 6.45) is -4.05. The number of amides is 1. The zero-order valence-corrected chi connectivity index (χ0v) is 9.87. The van der Waals surface area contributed by atoms with E-state index < -0.39 is 6.36 Å². The highest BCUT2D eigenvalue weighted by Gasteiger charge is 2.30. The molecule has 8 heteroatoms. The fourth-order valence-electron chi connectivity index (χ4n) is 1.23. The van der Waals surface area contributed by atoms with Gasteiger partial charge in [0, 0.05) is 6.42 Å². The zero-order chi connectivity index (χ0) is 14.3. The first-order valence-corrected chi connectivity index (χ1v) is 5.39. The highest BCUT2D eigenvalue weighted by Crippen LogP contribution is 2.24. The van der Waals surface area contributed by atoms with Crippen LogP contribution in [0.25, 0.3) is 0 Å². The first-order chi connectivity index (χ1) is 8.90. The minimum absolute atomic E-state index is 0.214. The van der Waals surface area contributed by atoms with Crippen molar-refractivity contribution in [2.75, 3.05) is 6.61 Å². The van der Waals surface area contributed by atoms with Gasteiger partial charge in [-0.15, -0.1) is 13.2 Å². The third kappa shape index (κ3) is 6.51. The lowest BCUT2D eigenvalue weighted by Gasteiger charge is -2.10. The van der Waals surface area contributed by atoms with Gasteiger partial charge in [0.25, 0.3) is 0 Å². The normalized spacial score (nSPS) is 10.9. The summed E-state index contributed by atoms with van der Waals surface area (Å²) >= 11 is 0. The average molecular weight is 278 g/mol. The molecule has 1 rings (SSSR count). The van der Waals surface area contributed by atoms with Crippen molar-refractivity contribution >= 4 is 5.91 Å². The second-order valence-electron chi connectivity index (χ2n) is 3.54. The number of nitrogens with one attached hydrogen (secondary N) is 1. The molecule has 0 aromatic heterocycles. The minimum Gasteiger partial charge on any atom is -0.494 e. The summed E-state index contributed by atoms with van der Waals surface area (Å²) in [6.45, 7) is 0.257. The second kappa shape index (κ2) is 6.83. The van der Waals surface area contributed by atoms with Gasteiger partial charge in [-0.1, -0.05) is 0 Å². The Morgan fingerprint density at radius 2 is 1.79 bits per heavy atom. The van der Waals surface area contributed by atoms with Gasteiger partial charge in [0.2, 0.25) is 5.91 Å². The van der Waals surface area contributed by atoms with Gasteiger partial charge in [-0.25, -0.2) is 5.84 Å². The van der Waals surface area contributed by atoms with Gasteiger partial charge < -0.3 is 9.47 Å². The molecule has 0 radical (unpaired) electrons. The quantitative estimate of drug-likeness (QED) is 0.360. The molecule has 0 bridgehead atoms. The van der Waals surface area contributed by atoms with E-state index in [1.54, 1.807) is 0 Å². The number of hydrazine groups is 1. The molecule has 1 aromatic carbocycles. The van der Waals surface area contributed by atoms with Crippen LogP contribution in [0, 0.1) is 0 Å². The van der Waals surface area contributed by atoms with Crippen LogP contribution < -0.4 is 20.7 Å². The van der Waals surface area contributed by atoms with Crippen LogP contribution in [0.15, 0.2) is 24.3 Å². The van der Waals surface area contributed by atoms with Gasteiger partial charge in [0.15, 0.2) is 0 Å². The molecule has 0 aliphatic carbocycles. The predicted octanol–water partition coefficient (Wildman–Crippen LogP) is 1.73. The van der Waals surface area contributed by atoms with Crippen molar-refractivity contribution in [3.05, 3.63) is 24.3 Å². The Morgan fingerprint density at radius 1 is 1.21 bits per heavy atom. The summed E-state index contributed by atoms with van der Waals surface area (Å²) in [5, 5.41) is 0. The molecule has 0 aliphatic heterocycles. The van der Waals surface area contributed by atoms with E-state index in [2.05, 4.69) is 4.74 Å². The van der Waals surface area contributed by atoms with Gasteiger partial charge >= 0.3 is 6.36 Å². The molecule has 0 saturated heterocycles. The van der Waals surface area contributed by atoms with Gasteiger partial charge in [0.05, 0.1) is 6.61 Å². The van der Waals surface area contributed by atoms with Crippen molar-refractivity contribution in [1.29, 1.82) is 0 Å². The minimum atomic E-state index is -4.71. The van der Waals surface area contributed by atoms with E-state index in [-0.39, 0.29) is 24.7 Å². The van der Waals surface area contributed by atoms with Crippen LogP contribution in [0.3, 0.4) is 0 Å². The maximum absolute atomic E-state index is 11.9. The molecule has 0 fully saturated rings. The molecule has 0 unspecified atom stereocenters. The number of hydrogen-bond acceptors (Lipinski definition) is 4. The number of alkyl halides is 3. The fourth-order valence-corrected chi connectivity index (χ4v) is 1.23. The van der Waals surface area contributed by atoms with Crippen LogP contribution in [0.2, 0.25) is 0 Å². The highest BCUT2D eigenvalue weighted by molar-refractivity contribution is 5.75. The first kappa shape index (κ1) is 15.1. The maximum Gasteiger partial charge on any atom is 0.573 e. The van der Waals surface area contributed by atoms with E-state index in [0.717, 1.165) is 12.1 Å². The highest BCUT2D eigenvalue weighted by atomic mass is 19.4. The Morgan fingerprint density at radius 3 is 2.32 bits per heavy atom. The summed E-state index contributed by atoms with van der Waals surface area (Å²) in [5.74, 6) is 4.65. The summed E-state index contributed by atoms with van der Waals surface area (Å²) < 4.78 is 44.6. The number of nitrogens with two attached hydrogens (primary N) is 1. The molecule has 1 aromatic rings. The lowest BCUT2D eigenvalue weighted by molar-refractivity contribution is -0.274. The lowest BCUT2D eigenvalue weighted by Crippen LogP contribution is -2.29. The van der Waals surface area contributed by atoms with Crippen molar-refractivity contribution in [1.82, 2.24) is 5.43 Å². The molecule has 0 saturated carbocycles. The second-order valence-corrected chi connectivity index (χ2v) is 3.54. The largest absolute Gasteiger partial charge is 0.573 e. The van der Waals surface area contributed by atoms with Crippen molar-refractivity contribution in [2.24, 2.45) is 5.84 Å². The number of benzene rings is 1. The Balaban J connectivity index is 2.34. The van der Waals surface area contributed by atoms with Crippen LogP contribution in [-0.4, -0.2) is 18.9 Å². The molecule has 0 atom stereocenters. The standard InChI is InChI=1S/C11H13F3N2O3/c12-11(13,14)19-9-5-3-8(4-6-9)18-7-1-2-10(17)16-15/h3-6H,1-2,7,15H2,(H,16,17). The van der Waals surface area contributed by atoms with E-state index in [4.69, 9.17) is 10.6 Å². The SMILES string of the molecule is NNC(=O)CCCOc1ccc(OC(F)(F)F)cc1. The number of carbonyl (C=O) groups is 1. The van der Waals surface area contributed by atoms with E-state index >= 15 is 0 Å². The molecule has 106 valence electrons. The maximum atomic E-state index is 11.9. The molecule has 3 N–H and O–H groups in total. The number of ether oxygens (including phenoxy) is 2. The summed E-state index contributed by atoms with van der Waals surface area (Å²) in [5.41, 5.74) is 1.98. The van der Waals surface area contributed by atoms with Crippen LogP contribution in [0.4, 0.5) is 13.2 Å². The smallest absolute Gasteiger partial charge is 0.494 e. The first-order valence-electron chi connectivity index (χ1n) is 5.39. The molecule has 1 amide bonds. The van der Waals surface area contributed by atoms with Crippen LogP contribution in [0.5, 0.6) is 11.5 Å². The number of halogens is 3. The number of carbonyl (C=O) groups excluding carboxylic acids is 1. The van der Waals surface area contributed by atoms with Gasteiger partial charge in [-0.05, 0) is 30.7 Å². The molecule has 5 nitrogen and oxygen atoms in total. The molecule has 19 heavy (non-hydrogen) atoms. The number of hydrogen-bond donors (Lipinski definition) is 2. The number of rotatable bonds is 6. The molecular weight excluding hydrogens is 265 g/mol. The van der Waals surface area contributed by atoms with E-state index in [9.17, 15) is 18.0 Å². The third-order valence-corrected chi connectivity index (χ3v) is 2.04. The molecular formula is C11H13F3N2O3. The zero-order valence-electron chi connectivity index (χ0n) is 9.87. The predicted molar refractivity (Wildman–Crippen MR) is 60.2 cm³/mol. The van der Waals surface area contributed by atoms with Gasteiger partial charge in [0.1, 0.15) is 11.5 Å². The lowest BCUT2D eigenvalue weighted by atomic mass is 10.3. The monoisotopic (exact) mass is 278 g/mol. The summed E-state index contributed by atoms with van der Waals surface area (Å²) in [6, 6.07) is 5.00. The van der Waals surface area contributed by atoms with Crippen molar-refractivity contribution in [3.8, 4) is 11.5 Å². The Bertz CT molecular complexity index is 407. The van der Waals surface area contributed by atoms with E-state index in [0.29, 0.717) is 12.2 Å². The summed E-state index contributed by atoms with van der Waals surface area (Å²) in [7, 11) is 0. The Hall–Kier alpha value is -1.96. The Labute approximate surface area is 107 Å². The van der Waals surface area contributed by atoms with Crippen molar-refractivity contribution in [3.63, 3.8) is 0 Å². The van der Waals surface area contributed by atoms with Crippen LogP contribution in [0.1, 0.15) is 12.8 Å². The Kier molecular flexibility index (Phi) is 5.43. The van der Waals surface area contributed by atoms with Crippen LogP contribution >= 0.6 is 0 Å². The molecule has 0 spiro atoms. The van der Waals surface area contributed by atoms with E-state index in [1.165, 1.54) is 12.1 Å². The average Bonchev–Trinajstić information content (AvgIpc) is 2.34. The van der Waals surface area contributed by atoms with E-state index in [1.807, 2.05) is 5.43 Å². The third-order valence-electron chi connectivity index (χ3n) is 2.04. The fraction of sp³-hybridized carbons (Fsp3) is 0.364. The molecule has 0 aliphatic rings. The van der Waals surface area contributed by atoms with Gasteiger partial charge in [-0.2, -0.15) is 0 Å². The topological polar surface area (TPSA) is 73.6 Å².